The molecular weight excluding hydrogens is 372 g/mol. The molecule has 0 aliphatic carbocycles. The summed E-state index contributed by atoms with van der Waals surface area (Å²) in [5.74, 6) is -0.730. The number of nitrogens with zero attached hydrogens (tertiary/aromatic N) is 1. The number of pyridine rings is 1. The standard InChI is InChI=1S/C18H20N2O4S2/c1-17(2)18(16(21)22,20-11-12-25-17)26(23,24)15-5-3-13(4-6-15)14-7-9-19-10-8-14/h3-10,20H,11-12H2,1-2H3,(H,21,22). The Morgan fingerprint density at radius 3 is 2.23 bits per heavy atom. The third kappa shape index (κ3) is 2.82. The van der Waals surface area contributed by atoms with Gasteiger partial charge in [0.2, 0.25) is 14.7 Å². The van der Waals surface area contributed by atoms with Gasteiger partial charge in [-0.05, 0) is 49.2 Å². The Hall–Kier alpha value is -1.90. The van der Waals surface area contributed by atoms with E-state index in [2.05, 4.69) is 10.3 Å². The van der Waals surface area contributed by atoms with Crippen molar-refractivity contribution in [3.05, 3.63) is 48.8 Å². The summed E-state index contributed by atoms with van der Waals surface area (Å²) in [7, 11) is -4.17. The zero-order valence-corrected chi connectivity index (χ0v) is 16.1. The third-order valence-electron chi connectivity index (χ3n) is 4.67. The summed E-state index contributed by atoms with van der Waals surface area (Å²) in [5.41, 5.74) is 1.74. The fraction of sp³-hybridized carbons (Fsp3) is 0.333. The Bertz CT molecular complexity index is 912. The Morgan fingerprint density at radius 1 is 1.12 bits per heavy atom. The first-order valence-corrected chi connectivity index (χ1v) is 10.6. The van der Waals surface area contributed by atoms with E-state index in [0.717, 1.165) is 11.1 Å². The number of thioether (sulfide) groups is 1. The molecule has 1 aliphatic heterocycles. The van der Waals surface area contributed by atoms with Crippen LogP contribution >= 0.6 is 11.8 Å². The molecule has 2 heterocycles. The maximum atomic E-state index is 13.3. The van der Waals surface area contributed by atoms with Gasteiger partial charge in [-0.25, -0.2) is 13.2 Å². The molecule has 0 saturated carbocycles. The maximum absolute atomic E-state index is 13.3. The van der Waals surface area contributed by atoms with Gasteiger partial charge in [-0.3, -0.25) is 10.3 Å². The quantitative estimate of drug-likeness (QED) is 0.825. The fourth-order valence-electron chi connectivity index (χ4n) is 3.26. The van der Waals surface area contributed by atoms with Crippen LogP contribution in [-0.4, -0.2) is 46.4 Å². The first-order valence-electron chi connectivity index (χ1n) is 8.10. The van der Waals surface area contributed by atoms with Gasteiger partial charge >= 0.3 is 5.97 Å². The SMILES string of the molecule is CC1(C)SCCNC1(C(=O)O)S(=O)(=O)c1ccc(-c2ccncc2)cc1. The third-order valence-corrected chi connectivity index (χ3v) is 8.76. The van der Waals surface area contributed by atoms with Crippen LogP contribution in [0.2, 0.25) is 0 Å². The highest BCUT2D eigenvalue weighted by Crippen LogP contribution is 2.44. The highest BCUT2D eigenvalue weighted by Gasteiger charge is 2.63. The Morgan fingerprint density at radius 2 is 1.69 bits per heavy atom. The van der Waals surface area contributed by atoms with E-state index >= 15 is 0 Å². The highest BCUT2D eigenvalue weighted by molar-refractivity contribution is 8.02. The van der Waals surface area contributed by atoms with Crippen molar-refractivity contribution in [3.8, 4) is 11.1 Å². The molecule has 8 heteroatoms. The molecule has 0 bridgehead atoms. The smallest absolute Gasteiger partial charge is 0.341 e. The van der Waals surface area contributed by atoms with Crippen molar-refractivity contribution in [2.45, 2.75) is 28.4 Å². The number of aliphatic carboxylic acids is 1. The molecule has 2 N–H and O–H groups in total. The van der Waals surface area contributed by atoms with Gasteiger partial charge in [0.1, 0.15) is 0 Å². The molecule has 1 aromatic heterocycles. The van der Waals surface area contributed by atoms with Gasteiger partial charge in [0.05, 0.1) is 9.64 Å². The van der Waals surface area contributed by atoms with E-state index < -0.39 is 25.4 Å². The minimum atomic E-state index is -4.17. The summed E-state index contributed by atoms with van der Waals surface area (Å²) >= 11 is 1.35. The number of nitrogens with one attached hydrogen (secondary N) is 1. The van der Waals surface area contributed by atoms with Crippen molar-refractivity contribution in [2.24, 2.45) is 0 Å². The van der Waals surface area contributed by atoms with Crippen molar-refractivity contribution in [3.63, 3.8) is 0 Å². The minimum Gasteiger partial charge on any atom is -0.479 e. The molecule has 1 fully saturated rings. The number of benzene rings is 1. The van der Waals surface area contributed by atoms with E-state index in [0.29, 0.717) is 12.3 Å². The summed E-state index contributed by atoms with van der Waals surface area (Å²) in [4.78, 5) is 14.0. The lowest BCUT2D eigenvalue weighted by atomic mass is 10.0. The number of carboxylic acids is 1. The van der Waals surface area contributed by atoms with Crippen molar-refractivity contribution >= 4 is 27.6 Å². The van der Waals surface area contributed by atoms with Crippen molar-refractivity contribution in [2.75, 3.05) is 12.3 Å². The van der Waals surface area contributed by atoms with Crippen LogP contribution in [0.5, 0.6) is 0 Å². The number of rotatable bonds is 4. The Labute approximate surface area is 157 Å². The van der Waals surface area contributed by atoms with E-state index in [1.165, 1.54) is 23.9 Å². The molecule has 0 radical (unpaired) electrons. The van der Waals surface area contributed by atoms with E-state index in [1.54, 1.807) is 38.4 Å². The van der Waals surface area contributed by atoms with E-state index in [9.17, 15) is 18.3 Å². The Balaban J connectivity index is 2.08. The molecule has 1 atom stereocenters. The summed E-state index contributed by atoms with van der Waals surface area (Å²) in [5, 5.41) is 12.7. The number of aromatic nitrogens is 1. The molecule has 1 unspecified atom stereocenters. The molecule has 26 heavy (non-hydrogen) atoms. The van der Waals surface area contributed by atoms with E-state index in [4.69, 9.17) is 0 Å². The molecule has 138 valence electrons. The van der Waals surface area contributed by atoms with Crippen LogP contribution < -0.4 is 5.32 Å². The molecule has 2 aromatic rings. The average Bonchev–Trinajstić information content (AvgIpc) is 2.62. The first-order chi connectivity index (χ1) is 12.2. The van der Waals surface area contributed by atoms with Gasteiger partial charge in [-0.15, -0.1) is 0 Å². The predicted octanol–water partition coefficient (Wildman–Crippen LogP) is 2.42. The van der Waals surface area contributed by atoms with Crippen LogP contribution in [0.1, 0.15) is 13.8 Å². The predicted molar refractivity (Wildman–Crippen MR) is 102 cm³/mol. The van der Waals surface area contributed by atoms with Gasteiger partial charge in [0, 0.05) is 24.7 Å². The topological polar surface area (TPSA) is 96.4 Å². The lowest BCUT2D eigenvalue weighted by Crippen LogP contribution is -2.70. The Kier molecular flexibility index (Phi) is 4.85. The normalized spacial score (nSPS) is 22.7. The molecular formula is C18H20N2O4S2. The molecule has 6 nitrogen and oxygen atoms in total. The number of hydrogen-bond acceptors (Lipinski definition) is 6. The monoisotopic (exact) mass is 392 g/mol. The maximum Gasteiger partial charge on any atom is 0.341 e. The lowest BCUT2D eigenvalue weighted by Gasteiger charge is -2.45. The summed E-state index contributed by atoms with van der Waals surface area (Å²) in [6.45, 7) is 3.62. The van der Waals surface area contributed by atoms with Gasteiger partial charge in [0.25, 0.3) is 0 Å². The zero-order chi connectivity index (χ0) is 19.0. The minimum absolute atomic E-state index is 0.0132. The van der Waals surface area contributed by atoms with Crippen LogP contribution in [0.15, 0.2) is 53.7 Å². The van der Waals surface area contributed by atoms with Gasteiger partial charge in [-0.1, -0.05) is 12.1 Å². The van der Waals surface area contributed by atoms with E-state index in [1.807, 2.05) is 12.1 Å². The number of carbonyl (C=O) groups is 1. The van der Waals surface area contributed by atoms with E-state index in [-0.39, 0.29) is 4.90 Å². The van der Waals surface area contributed by atoms with Gasteiger partial charge in [0.15, 0.2) is 0 Å². The second kappa shape index (κ2) is 6.68. The average molecular weight is 393 g/mol. The van der Waals surface area contributed by atoms with Crippen LogP contribution in [-0.2, 0) is 14.6 Å². The van der Waals surface area contributed by atoms with Gasteiger partial charge < -0.3 is 5.11 Å². The highest BCUT2D eigenvalue weighted by atomic mass is 32.2. The first kappa shape index (κ1) is 18.9. The number of carboxylic acid groups (broad SMARTS) is 1. The van der Waals surface area contributed by atoms with Gasteiger partial charge in [-0.2, -0.15) is 11.8 Å². The fourth-order valence-corrected chi connectivity index (χ4v) is 6.86. The summed E-state index contributed by atoms with van der Waals surface area (Å²) in [6.07, 6.45) is 3.32. The van der Waals surface area contributed by atoms with Crippen molar-refractivity contribution < 1.29 is 18.3 Å². The second-order valence-corrected chi connectivity index (χ2v) is 10.3. The zero-order valence-electron chi connectivity index (χ0n) is 14.5. The number of hydrogen-bond donors (Lipinski definition) is 2. The number of sulfone groups is 1. The summed E-state index contributed by atoms with van der Waals surface area (Å²) in [6, 6.07) is 9.94. The van der Waals surface area contributed by atoms with Crippen LogP contribution in [0, 0.1) is 0 Å². The van der Waals surface area contributed by atoms with Crippen molar-refractivity contribution in [1.29, 1.82) is 0 Å². The second-order valence-electron chi connectivity index (χ2n) is 6.54. The van der Waals surface area contributed by atoms with Crippen LogP contribution in [0.3, 0.4) is 0 Å². The van der Waals surface area contributed by atoms with Crippen LogP contribution in [0.4, 0.5) is 0 Å². The molecule has 3 rings (SSSR count). The molecule has 1 aromatic carbocycles. The molecule has 1 aliphatic rings. The largest absolute Gasteiger partial charge is 0.479 e. The van der Waals surface area contributed by atoms with Crippen LogP contribution in [0.25, 0.3) is 11.1 Å². The lowest BCUT2D eigenvalue weighted by molar-refractivity contribution is -0.142. The summed E-state index contributed by atoms with van der Waals surface area (Å²) < 4.78 is 25.7. The van der Waals surface area contributed by atoms with Crippen molar-refractivity contribution in [1.82, 2.24) is 10.3 Å². The molecule has 0 amide bonds. The molecule has 0 spiro atoms. The molecule has 1 saturated heterocycles.